The van der Waals surface area contributed by atoms with Gasteiger partial charge in [-0.05, 0) is 24.6 Å². The molecule has 2 heterocycles. The number of carbonyl (C=O) groups excluding carboxylic acids is 2. The number of nitrogens with one attached hydrogen (secondary N) is 1. The molecule has 0 spiro atoms. The lowest BCUT2D eigenvalue weighted by atomic mass is 9.95. The summed E-state index contributed by atoms with van der Waals surface area (Å²) in [5.74, 6) is -0.190. The lowest BCUT2D eigenvalue weighted by molar-refractivity contribution is -0.119. The van der Waals surface area contributed by atoms with Crippen molar-refractivity contribution >= 4 is 11.8 Å². The van der Waals surface area contributed by atoms with Crippen LogP contribution in [0.25, 0.3) is 11.3 Å². The zero-order valence-electron chi connectivity index (χ0n) is 12.3. The minimum Gasteiger partial charge on any atom is -0.366 e. The van der Waals surface area contributed by atoms with Gasteiger partial charge in [-0.15, -0.1) is 0 Å². The molecule has 5 heteroatoms. The van der Waals surface area contributed by atoms with Crippen LogP contribution in [0.15, 0.2) is 36.4 Å². The fourth-order valence-corrected chi connectivity index (χ4v) is 2.73. The second-order valence-electron chi connectivity index (χ2n) is 5.54. The minimum absolute atomic E-state index is 0.0884. The van der Waals surface area contributed by atoms with Gasteiger partial charge in [0.2, 0.25) is 5.91 Å². The number of amides is 2. The summed E-state index contributed by atoms with van der Waals surface area (Å²) in [4.78, 5) is 27.3. The van der Waals surface area contributed by atoms with Crippen LogP contribution in [0, 0.1) is 6.92 Å². The van der Waals surface area contributed by atoms with E-state index >= 15 is 0 Å². The van der Waals surface area contributed by atoms with Crippen LogP contribution in [-0.4, -0.2) is 23.3 Å². The Morgan fingerprint density at radius 1 is 1.23 bits per heavy atom. The minimum atomic E-state index is -0.489. The van der Waals surface area contributed by atoms with Gasteiger partial charge in [0.25, 0.3) is 5.91 Å². The number of pyridine rings is 1. The van der Waals surface area contributed by atoms with Crippen LogP contribution < -0.4 is 11.1 Å². The van der Waals surface area contributed by atoms with Crippen molar-refractivity contribution in [3.8, 4) is 11.3 Å². The monoisotopic (exact) mass is 295 g/mol. The average molecular weight is 295 g/mol. The number of nitrogens with two attached hydrogens (primary N) is 1. The molecule has 2 amide bonds. The molecule has 0 saturated carbocycles. The van der Waals surface area contributed by atoms with Gasteiger partial charge >= 0.3 is 0 Å². The fraction of sp³-hybridized carbons (Fsp3) is 0.235. The molecule has 1 aliphatic heterocycles. The van der Waals surface area contributed by atoms with E-state index in [-0.39, 0.29) is 11.8 Å². The van der Waals surface area contributed by atoms with E-state index in [1.165, 1.54) is 0 Å². The van der Waals surface area contributed by atoms with Crippen LogP contribution in [0.2, 0.25) is 0 Å². The maximum atomic E-state index is 11.6. The first-order valence-corrected chi connectivity index (χ1v) is 7.19. The Morgan fingerprint density at radius 3 is 2.55 bits per heavy atom. The highest BCUT2D eigenvalue weighted by atomic mass is 16.2. The number of hydrogen-bond acceptors (Lipinski definition) is 3. The van der Waals surface area contributed by atoms with E-state index in [2.05, 4.69) is 10.3 Å². The molecule has 1 aromatic carbocycles. The van der Waals surface area contributed by atoms with E-state index < -0.39 is 5.91 Å². The van der Waals surface area contributed by atoms with Gasteiger partial charge in [0.15, 0.2) is 0 Å². The molecule has 1 aromatic heterocycles. The number of nitrogens with zero attached hydrogens (tertiary/aromatic N) is 1. The first-order chi connectivity index (χ1) is 10.5. The van der Waals surface area contributed by atoms with Crippen LogP contribution in [0.5, 0.6) is 0 Å². The molecule has 1 saturated heterocycles. The summed E-state index contributed by atoms with van der Waals surface area (Å²) in [6.45, 7) is 2.55. The highest BCUT2D eigenvalue weighted by Gasteiger charge is 2.23. The molecule has 112 valence electrons. The van der Waals surface area contributed by atoms with Gasteiger partial charge < -0.3 is 11.1 Å². The Hall–Kier alpha value is -2.69. The lowest BCUT2D eigenvalue weighted by Crippen LogP contribution is -2.14. The Bertz CT molecular complexity index is 738. The van der Waals surface area contributed by atoms with Crippen LogP contribution in [0.4, 0.5) is 0 Å². The van der Waals surface area contributed by atoms with Gasteiger partial charge in [-0.25, -0.2) is 0 Å². The maximum absolute atomic E-state index is 11.6. The summed E-state index contributed by atoms with van der Waals surface area (Å²) in [6, 6.07) is 11.3. The predicted octanol–water partition coefficient (Wildman–Crippen LogP) is 1.76. The summed E-state index contributed by atoms with van der Waals surface area (Å²) in [7, 11) is 0. The van der Waals surface area contributed by atoms with Crippen molar-refractivity contribution in [1.29, 1.82) is 0 Å². The predicted molar refractivity (Wildman–Crippen MR) is 83.3 cm³/mol. The first kappa shape index (κ1) is 14.3. The zero-order chi connectivity index (χ0) is 15.7. The molecule has 0 bridgehead atoms. The molecule has 1 atom stereocenters. The topological polar surface area (TPSA) is 85.1 Å². The molecule has 3 rings (SSSR count). The van der Waals surface area contributed by atoms with Crippen molar-refractivity contribution < 1.29 is 9.59 Å². The third-order valence-electron chi connectivity index (χ3n) is 3.93. The molecule has 0 radical (unpaired) electrons. The number of primary amides is 1. The van der Waals surface area contributed by atoms with Crippen molar-refractivity contribution in [2.75, 3.05) is 6.54 Å². The standard InChI is InChI=1S/C17H17N3O2/c1-10-2-7-14(17(18)22)16(20-10)12-5-3-11(4-6-12)13-8-15(21)19-9-13/h2-7,13H,8-9H2,1H3,(H2,18,22)(H,19,21). The van der Waals surface area contributed by atoms with Gasteiger partial charge in [-0.3, -0.25) is 14.6 Å². The SMILES string of the molecule is Cc1ccc(C(N)=O)c(-c2ccc(C3CNC(=O)C3)cc2)n1. The summed E-state index contributed by atoms with van der Waals surface area (Å²) in [6.07, 6.45) is 0.522. The second-order valence-corrected chi connectivity index (χ2v) is 5.54. The quantitative estimate of drug-likeness (QED) is 0.904. The normalized spacial score (nSPS) is 17.3. The van der Waals surface area contributed by atoms with E-state index in [1.807, 2.05) is 31.2 Å². The number of benzene rings is 1. The van der Waals surface area contributed by atoms with Gasteiger partial charge in [-0.2, -0.15) is 0 Å². The van der Waals surface area contributed by atoms with E-state index in [4.69, 9.17) is 5.73 Å². The average Bonchev–Trinajstić information content (AvgIpc) is 2.93. The van der Waals surface area contributed by atoms with Crippen molar-refractivity contribution in [2.45, 2.75) is 19.3 Å². The van der Waals surface area contributed by atoms with Crippen LogP contribution in [0.3, 0.4) is 0 Å². The molecule has 2 aromatic rings. The molecule has 1 aliphatic rings. The number of carbonyl (C=O) groups is 2. The van der Waals surface area contributed by atoms with Gasteiger partial charge in [0.05, 0.1) is 11.3 Å². The summed E-state index contributed by atoms with van der Waals surface area (Å²) < 4.78 is 0. The smallest absolute Gasteiger partial charge is 0.250 e. The molecule has 22 heavy (non-hydrogen) atoms. The fourth-order valence-electron chi connectivity index (χ4n) is 2.73. The summed E-state index contributed by atoms with van der Waals surface area (Å²) in [5, 5.41) is 2.83. The number of aryl methyl sites for hydroxylation is 1. The van der Waals surface area contributed by atoms with Crippen LogP contribution in [0.1, 0.15) is 34.0 Å². The Kier molecular flexibility index (Phi) is 3.63. The summed E-state index contributed by atoms with van der Waals surface area (Å²) >= 11 is 0. The molecule has 1 fully saturated rings. The Balaban J connectivity index is 1.95. The number of aromatic nitrogens is 1. The summed E-state index contributed by atoms with van der Waals surface area (Å²) in [5.41, 5.74) is 9.21. The lowest BCUT2D eigenvalue weighted by Gasteiger charge is -2.11. The van der Waals surface area contributed by atoms with E-state index in [0.29, 0.717) is 24.2 Å². The van der Waals surface area contributed by atoms with Crippen molar-refractivity contribution in [1.82, 2.24) is 10.3 Å². The van der Waals surface area contributed by atoms with Gasteiger partial charge in [0.1, 0.15) is 0 Å². The van der Waals surface area contributed by atoms with Gasteiger partial charge in [0, 0.05) is 30.1 Å². The van der Waals surface area contributed by atoms with Crippen molar-refractivity contribution in [3.63, 3.8) is 0 Å². The van der Waals surface area contributed by atoms with E-state index in [9.17, 15) is 9.59 Å². The molecule has 1 unspecified atom stereocenters. The molecular formula is C17H17N3O2. The number of hydrogen-bond donors (Lipinski definition) is 2. The molecular weight excluding hydrogens is 278 g/mol. The zero-order valence-corrected chi connectivity index (χ0v) is 12.3. The Labute approximate surface area is 128 Å². The van der Waals surface area contributed by atoms with Crippen molar-refractivity contribution in [2.24, 2.45) is 5.73 Å². The highest BCUT2D eigenvalue weighted by Crippen LogP contribution is 2.27. The van der Waals surface area contributed by atoms with Crippen LogP contribution in [-0.2, 0) is 4.79 Å². The molecule has 0 aliphatic carbocycles. The maximum Gasteiger partial charge on any atom is 0.250 e. The van der Waals surface area contributed by atoms with E-state index in [0.717, 1.165) is 16.8 Å². The second kappa shape index (κ2) is 5.60. The largest absolute Gasteiger partial charge is 0.366 e. The Morgan fingerprint density at radius 2 is 1.95 bits per heavy atom. The van der Waals surface area contributed by atoms with Gasteiger partial charge in [-0.1, -0.05) is 24.3 Å². The van der Waals surface area contributed by atoms with E-state index in [1.54, 1.807) is 12.1 Å². The number of rotatable bonds is 3. The van der Waals surface area contributed by atoms with Crippen LogP contribution >= 0.6 is 0 Å². The highest BCUT2D eigenvalue weighted by molar-refractivity contribution is 5.98. The molecule has 3 N–H and O–H groups in total. The molecule has 5 nitrogen and oxygen atoms in total. The first-order valence-electron chi connectivity index (χ1n) is 7.19. The van der Waals surface area contributed by atoms with Crippen molar-refractivity contribution in [3.05, 3.63) is 53.2 Å². The third kappa shape index (κ3) is 2.70. The third-order valence-corrected chi connectivity index (χ3v) is 3.93.